The first-order valence-corrected chi connectivity index (χ1v) is 8.78. The molecule has 0 bridgehead atoms. The second kappa shape index (κ2) is 6.82. The molecule has 3 atom stereocenters. The van der Waals surface area contributed by atoms with Crippen LogP contribution in [0.15, 0.2) is 0 Å². The molecule has 0 radical (unpaired) electrons. The van der Waals surface area contributed by atoms with Crippen molar-refractivity contribution in [2.45, 2.75) is 89.2 Å². The minimum absolute atomic E-state index is 0.156. The Morgan fingerprint density at radius 3 is 2.30 bits per heavy atom. The van der Waals surface area contributed by atoms with Gasteiger partial charge in [0.1, 0.15) is 6.10 Å². The zero-order valence-electron chi connectivity index (χ0n) is 12.6. The Labute approximate surface area is 122 Å². The molecule has 0 unspecified atom stereocenters. The maximum absolute atomic E-state index is 12.0. The monoisotopic (exact) mass is 279 g/mol. The molecule has 0 saturated heterocycles. The minimum Gasteiger partial charge on any atom is -0.446 e. The molecule has 3 aliphatic rings. The number of fused-ring (bicyclic) bond motifs is 1. The molecule has 3 aliphatic carbocycles. The Hall–Kier alpha value is -0.730. The van der Waals surface area contributed by atoms with E-state index in [9.17, 15) is 4.79 Å². The van der Waals surface area contributed by atoms with Gasteiger partial charge in [-0.3, -0.25) is 0 Å². The fourth-order valence-corrected chi connectivity index (χ4v) is 4.54. The number of hydrogen-bond donors (Lipinski definition) is 1. The first-order valence-electron chi connectivity index (χ1n) is 8.78. The van der Waals surface area contributed by atoms with Crippen molar-refractivity contribution in [3.8, 4) is 0 Å². The molecular weight excluding hydrogens is 250 g/mol. The molecule has 3 saturated carbocycles. The number of carbonyl (C=O) groups excluding carboxylic acids is 1. The number of hydrogen-bond acceptors (Lipinski definition) is 2. The van der Waals surface area contributed by atoms with Gasteiger partial charge >= 0.3 is 6.09 Å². The number of amides is 1. The summed E-state index contributed by atoms with van der Waals surface area (Å²) in [4.78, 5) is 12.0. The summed E-state index contributed by atoms with van der Waals surface area (Å²) in [5.41, 5.74) is 0. The number of ether oxygens (including phenoxy) is 1. The van der Waals surface area contributed by atoms with Gasteiger partial charge in [0.2, 0.25) is 0 Å². The highest BCUT2D eigenvalue weighted by atomic mass is 16.6. The van der Waals surface area contributed by atoms with E-state index in [0.717, 1.165) is 37.5 Å². The molecule has 0 aliphatic heterocycles. The van der Waals surface area contributed by atoms with Gasteiger partial charge in [-0.05, 0) is 43.9 Å². The van der Waals surface area contributed by atoms with Gasteiger partial charge in [0.05, 0.1) is 0 Å². The Bertz CT molecular complexity index is 325. The van der Waals surface area contributed by atoms with Crippen molar-refractivity contribution in [2.75, 3.05) is 0 Å². The first kappa shape index (κ1) is 14.2. The molecule has 0 aromatic rings. The lowest BCUT2D eigenvalue weighted by atomic mass is 9.70. The fraction of sp³-hybridized carbons (Fsp3) is 0.941. The van der Waals surface area contributed by atoms with E-state index in [-0.39, 0.29) is 12.2 Å². The van der Waals surface area contributed by atoms with Gasteiger partial charge in [-0.1, -0.05) is 44.9 Å². The van der Waals surface area contributed by atoms with Gasteiger partial charge in [-0.15, -0.1) is 0 Å². The second-order valence-electron chi connectivity index (χ2n) is 7.12. The van der Waals surface area contributed by atoms with Crippen LogP contribution in [0.4, 0.5) is 4.79 Å². The smallest absolute Gasteiger partial charge is 0.407 e. The zero-order valence-corrected chi connectivity index (χ0v) is 12.6. The average Bonchev–Trinajstić information content (AvgIpc) is 2.48. The fourth-order valence-electron chi connectivity index (χ4n) is 4.54. The van der Waals surface area contributed by atoms with E-state index in [2.05, 4.69) is 5.32 Å². The number of alkyl carbamates (subject to hydrolysis) is 1. The highest BCUT2D eigenvalue weighted by molar-refractivity contribution is 5.67. The van der Waals surface area contributed by atoms with E-state index < -0.39 is 0 Å². The van der Waals surface area contributed by atoms with E-state index in [1.54, 1.807) is 0 Å². The van der Waals surface area contributed by atoms with Gasteiger partial charge in [0.25, 0.3) is 0 Å². The summed E-state index contributed by atoms with van der Waals surface area (Å²) in [6.45, 7) is 0. The molecular formula is C17H29NO2. The SMILES string of the molecule is O=C(NC1CCCCC1)O[C@@H]1CC[C@H]2CCCC[C@H]2C1. The quantitative estimate of drug-likeness (QED) is 0.813. The standard InChI is InChI=1S/C17H29NO2/c19-17(18-15-8-2-1-3-9-15)20-16-11-10-13-6-4-5-7-14(13)12-16/h13-16H,1-12H2,(H,18,19)/t13-,14+,16-/m1/s1. The van der Waals surface area contributed by atoms with Crippen LogP contribution >= 0.6 is 0 Å². The number of rotatable bonds is 2. The van der Waals surface area contributed by atoms with Gasteiger partial charge < -0.3 is 10.1 Å². The molecule has 3 heteroatoms. The van der Waals surface area contributed by atoms with Crippen LogP contribution in [0.25, 0.3) is 0 Å². The molecule has 1 amide bonds. The molecule has 0 aromatic carbocycles. The van der Waals surface area contributed by atoms with Gasteiger partial charge in [-0.25, -0.2) is 4.79 Å². The van der Waals surface area contributed by atoms with Crippen LogP contribution < -0.4 is 5.32 Å². The first-order chi connectivity index (χ1) is 9.81. The predicted molar refractivity (Wildman–Crippen MR) is 79.6 cm³/mol. The lowest BCUT2D eigenvalue weighted by molar-refractivity contribution is 0.0257. The minimum atomic E-state index is -0.156. The van der Waals surface area contributed by atoms with Crippen LogP contribution in [-0.4, -0.2) is 18.2 Å². The van der Waals surface area contributed by atoms with Crippen LogP contribution in [0, 0.1) is 11.8 Å². The normalized spacial score (nSPS) is 35.1. The van der Waals surface area contributed by atoms with E-state index >= 15 is 0 Å². The van der Waals surface area contributed by atoms with Crippen molar-refractivity contribution in [1.29, 1.82) is 0 Å². The Morgan fingerprint density at radius 1 is 0.800 bits per heavy atom. The molecule has 3 rings (SSSR count). The van der Waals surface area contributed by atoms with Crippen molar-refractivity contribution in [1.82, 2.24) is 5.32 Å². The maximum Gasteiger partial charge on any atom is 0.407 e. The van der Waals surface area contributed by atoms with Crippen LogP contribution in [0.3, 0.4) is 0 Å². The average molecular weight is 279 g/mol. The summed E-state index contributed by atoms with van der Waals surface area (Å²) in [6, 6.07) is 0.363. The van der Waals surface area contributed by atoms with Crippen LogP contribution in [0.2, 0.25) is 0 Å². The van der Waals surface area contributed by atoms with E-state index in [1.807, 2.05) is 0 Å². The van der Waals surface area contributed by atoms with Crippen molar-refractivity contribution >= 4 is 6.09 Å². The maximum atomic E-state index is 12.0. The van der Waals surface area contributed by atoms with E-state index in [1.165, 1.54) is 51.4 Å². The van der Waals surface area contributed by atoms with Crippen LogP contribution in [0.1, 0.15) is 77.0 Å². The Balaban J connectivity index is 1.42. The third kappa shape index (κ3) is 3.67. The molecule has 0 heterocycles. The largest absolute Gasteiger partial charge is 0.446 e. The predicted octanol–water partition coefficient (Wildman–Crippen LogP) is 4.40. The van der Waals surface area contributed by atoms with Crippen molar-refractivity contribution in [3.05, 3.63) is 0 Å². The van der Waals surface area contributed by atoms with Crippen molar-refractivity contribution < 1.29 is 9.53 Å². The van der Waals surface area contributed by atoms with Gasteiger partial charge in [0, 0.05) is 6.04 Å². The van der Waals surface area contributed by atoms with Crippen LogP contribution in [0.5, 0.6) is 0 Å². The molecule has 0 spiro atoms. The van der Waals surface area contributed by atoms with Crippen LogP contribution in [-0.2, 0) is 4.74 Å². The molecule has 3 fully saturated rings. The molecule has 0 aromatic heterocycles. The third-order valence-corrected chi connectivity index (χ3v) is 5.69. The molecule has 20 heavy (non-hydrogen) atoms. The lowest BCUT2D eigenvalue weighted by Crippen LogP contribution is -2.40. The topological polar surface area (TPSA) is 38.3 Å². The zero-order chi connectivity index (χ0) is 13.8. The summed E-state index contributed by atoms with van der Waals surface area (Å²) >= 11 is 0. The van der Waals surface area contributed by atoms with E-state index in [0.29, 0.717) is 6.04 Å². The van der Waals surface area contributed by atoms with Gasteiger partial charge in [-0.2, -0.15) is 0 Å². The molecule has 3 nitrogen and oxygen atoms in total. The summed E-state index contributed by atoms with van der Waals surface area (Å²) < 4.78 is 5.69. The summed E-state index contributed by atoms with van der Waals surface area (Å²) in [6.07, 6.45) is 15.1. The Kier molecular flexibility index (Phi) is 4.85. The molecule has 114 valence electrons. The van der Waals surface area contributed by atoms with Crippen molar-refractivity contribution in [3.63, 3.8) is 0 Å². The highest BCUT2D eigenvalue weighted by Crippen LogP contribution is 2.41. The second-order valence-corrected chi connectivity index (χ2v) is 7.12. The summed E-state index contributed by atoms with van der Waals surface area (Å²) in [5, 5.41) is 3.08. The van der Waals surface area contributed by atoms with Crippen molar-refractivity contribution in [2.24, 2.45) is 11.8 Å². The van der Waals surface area contributed by atoms with E-state index in [4.69, 9.17) is 4.74 Å². The lowest BCUT2D eigenvalue weighted by Gasteiger charge is -2.39. The summed E-state index contributed by atoms with van der Waals surface area (Å²) in [5.74, 6) is 1.75. The highest BCUT2D eigenvalue weighted by Gasteiger charge is 2.33. The molecule has 1 N–H and O–H groups in total. The number of nitrogens with one attached hydrogen (secondary N) is 1. The third-order valence-electron chi connectivity index (χ3n) is 5.69. The number of carbonyl (C=O) groups is 1. The van der Waals surface area contributed by atoms with Gasteiger partial charge in [0.15, 0.2) is 0 Å². The Morgan fingerprint density at radius 2 is 1.50 bits per heavy atom. The summed E-state index contributed by atoms with van der Waals surface area (Å²) in [7, 11) is 0.